The Labute approximate surface area is 285 Å². The summed E-state index contributed by atoms with van der Waals surface area (Å²) in [6.07, 6.45) is 6.86. The van der Waals surface area contributed by atoms with Crippen LogP contribution in [0.4, 0.5) is 0 Å². The predicted molar refractivity (Wildman–Crippen MR) is 193 cm³/mol. The maximum atomic E-state index is 9.40. The molecular formula is C44H34N4O. The molecule has 0 radical (unpaired) electrons. The van der Waals surface area contributed by atoms with Crippen LogP contribution in [0.2, 0.25) is 0 Å². The molecular weight excluding hydrogens is 601 g/mol. The highest BCUT2D eigenvalue weighted by atomic mass is 16.3. The van der Waals surface area contributed by atoms with E-state index in [1.165, 1.54) is 37.7 Å². The SMILES string of the molecule is CC12CC3(c4ccc(-c5cc(-c6nc(-c7ccccc7)nc(-c7ccc(C#N)cc7)n6)c6c(c5)oc5ccccc56)cc4)C[C@H]1CC[C@H]2C3. The van der Waals surface area contributed by atoms with Crippen LogP contribution in [0.3, 0.4) is 0 Å². The summed E-state index contributed by atoms with van der Waals surface area (Å²) < 4.78 is 6.52. The zero-order valence-corrected chi connectivity index (χ0v) is 27.4. The standard InChI is InChI=1S/C44H34N4O/c1-43-26-44(23-33(43)19-20-34(43)24-44)32-17-15-28(16-18-32)31-21-36(39-35-9-5-6-10-37(35)49-38(39)22-31)42-47-40(29-7-3-2-4-8-29)46-41(48-42)30-13-11-27(25-45)12-14-30/h2-18,21-22,33-34H,19-20,23-24,26H2,1H3/t33-,34+,43?,44?. The molecule has 7 aromatic rings. The lowest BCUT2D eigenvalue weighted by Gasteiger charge is -2.33. The molecule has 0 amide bonds. The van der Waals surface area contributed by atoms with Crippen LogP contribution in [-0.4, -0.2) is 15.0 Å². The van der Waals surface area contributed by atoms with Crippen molar-refractivity contribution in [3.63, 3.8) is 0 Å². The zero-order chi connectivity index (χ0) is 32.7. The first-order valence-electron chi connectivity index (χ1n) is 17.4. The van der Waals surface area contributed by atoms with Gasteiger partial charge < -0.3 is 4.42 Å². The summed E-state index contributed by atoms with van der Waals surface area (Å²) in [5, 5.41) is 11.4. The minimum Gasteiger partial charge on any atom is -0.456 e. The number of hydrogen-bond acceptors (Lipinski definition) is 5. The number of rotatable bonds is 5. The van der Waals surface area contributed by atoms with Gasteiger partial charge in [0.05, 0.1) is 11.6 Å². The first-order chi connectivity index (χ1) is 24.0. The van der Waals surface area contributed by atoms with Crippen molar-refractivity contribution in [2.75, 3.05) is 0 Å². The van der Waals surface area contributed by atoms with Gasteiger partial charge in [0.15, 0.2) is 17.5 Å². The number of nitriles is 1. The van der Waals surface area contributed by atoms with Crippen LogP contribution in [0.5, 0.6) is 0 Å². The first kappa shape index (κ1) is 28.4. The fourth-order valence-corrected chi connectivity index (χ4v) is 9.84. The van der Waals surface area contributed by atoms with Gasteiger partial charge in [-0.1, -0.05) is 79.7 Å². The van der Waals surface area contributed by atoms with E-state index in [0.717, 1.165) is 61.6 Å². The van der Waals surface area contributed by atoms with Gasteiger partial charge in [0.1, 0.15) is 11.2 Å². The molecule has 5 nitrogen and oxygen atoms in total. The maximum absolute atomic E-state index is 9.40. The number of fused-ring (bicyclic) bond motifs is 4. The second-order valence-electron chi connectivity index (χ2n) is 14.8. The zero-order valence-electron chi connectivity index (χ0n) is 27.4. The Morgan fingerprint density at radius 1 is 0.653 bits per heavy atom. The molecule has 236 valence electrons. The highest BCUT2D eigenvalue weighted by Crippen LogP contribution is 2.72. The number of furan rings is 1. The van der Waals surface area contributed by atoms with Crippen LogP contribution < -0.4 is 0 Å². The summed E-state index contributed by atoms with van der Waals surface area (Å²) >= 11 is 0. The molecule has 10 rings (SSSR count). The van der Waals surface area contributed by atoms with Gasteiger partial charge in [-0.05, 0) is 114 Å². The van der Waals surface area contributed by atoms with E-state index >= 15 is 0 Å². The van der Waals surface area contributed by atoms with Gasteiger partial charge >= 0.3 is 0 Å². The van der Waals surface area contributed by atoms with E-state index in [-0.39, 0.29) is 0 Å². The molecule has 49 heavy (non-hydrogen) atoms. The van der Waals surface area contributed by atoms with Crippen LogP contribution in [-0.2, 0) is 5.41 Å². The highest BCUT2D eigenvalue weighted by Gasteiger charge is 2.65. The molecule has 5 aromatic carbocycles. The largest absolute Gasteiger partial charge is 0.456 e. The summed E-state index contributed by atoms with van der Waals surface area (Å²) in [6, 6.07) is 41.6. The van der Waals surface area contributed by atoms with Gasteiger partial charge in [-0.3, -0.25) is 0 Å². The third-order valence-electron chi connectivity index (χ3n) is 12.2. The molecule has 3 fully saturated rings. The minimum absolute atomic E-state index is 0.341. The van der Waals surface area contributed by atoms with Gasteiger partial charge in [-0.15, -0.1) is 0 Å². The lowest BCUT2D eigenvalue weighted by molar-refractivity contribution is 0.195. The quantitative estimate of drug-likeness (QED) is 0.188. The van der Waals surface area contributed by atoms with Crippen molar-refractivity contribution in [2.45, 2.75) is 44.4 Å². The molecule has 0 N–H and O–H groups in total. The van der Waals surface area contributed by atoms with Crippen LogP contribution in [0.25, 0.3) is 67.2 Å². The lowest BCUT2D eigenvalue weighted by Crippen LogP contribution is -2.26. The molecule has 0 saturated heterocycles. The number of hydrogen-bond donors (Lipinski definition) is 0. The number of para-hydroxylation sites is 1. The van der Waals surface area contributed by atoms with E-state index in [0.29, 0.717) is 33.9 Å². The van der Waals surface area contributed by atoms with Crippen LogP contribution >= 0.6 is 0 Å². The number of nitrogens with zero attached hydrogens (tertiary/aromatic N) is 4. The number of aromatic nitrogens is 3. The average Bonchev–Trinajstić information content (AvgIpc) is 3.81. The second-order valence-corrected chi connectivity index (χ2v) is 14.8. The summed E-state index contributed by atoms with van der Waals surface area (Å²) in [7, 11) is 0. The third-order valence-corrected chi connectivity index (χ3v) is 12.2. The Balaban J connectivity index is 1.14. The molecule has 3 aliphatic rings. The monoisotopic (exact) mass is 634 g/mol. The van der Waals surface area contributed by atoms with Crippen molar-refractivity contribution in [1.82, 2.24) is 15.0 Å². The fraction of sp³-hybridized carbons (Fsp3) is 0.227. The normalized spacial score (nSPS) is 23.8. The topological polar surface area (TPSA) is 75.6 Å². The maximum Gasteiger partial charge on any atom is 0.164 e. The molecule has 4 atom stereocenters. The van der Waals surface area contributed by atoms with E-state index < -0.39 is 0 Å². The highest BCUT2D eigenvalue weighted by molar-refractivity contribution is 6.13. The molecule has 0 spiro atoms. The van der Waals surface area contributed by atoms with E-state index in [4.69, 9.17) is 19.4 Å². The van der Waals surface area contributed by atoms with E-state index in [1.807, 2.05) is 60.7 Å². The Hall–Kier alpha value is -5.60. The first-order valence-corrected chi connectivity index (χ1v) is 17.4. The van der Waals surface area contributed by atoms with E-state index in [9.17, 15) is 5.26 Å². The van der Waals surface area contributed by atoms with Crippen molar-refractivity contribution in [3.05, 3.63) is 126 Å². The van der Waals surface area contributed by atoms with E-state index in [1.54, 1.807) is 12.1 Å². The third kappa shape index (κ3) is 4.33. The lowest BCUT2D eigenvalue weighted by atomic mass is 9.72. The van der Waals surface area contributed by atoms with Gasteiger partial charge in [-0.2, -0.15) is 5.26 Å². The molecule has 2 bridgehead atoms. The molecule has 2 aromatic heterocycles. The number of benzene rings is 5. The molecule has 5 heteroatoms. The van der Waals surface area contributed by atoms with Crippen LogP contribution in [0, 0.1) is 28.6 Å². The predicted octanol–water partition coefficient (Wildman–Crippen LogP) is 10.8. The molecule has 3 saturated carbocycles. The van der Waals surface area contributed by atoms with Crippen molar-refractivity contribution in [1.29, 1.82) is 5.26 Å². The Morgan fingerprint density at radius 2 is 1.29 bits per heavy atom. The van der Waals surface area contributed by atoms with Crippen molar-refractivity contribution >= 4 is 21.9 Å². The summed E-state index contributed by atoms with van der Waals surface area (Å²) in [4.78, 5) is 15.1. The molecule has 2 unspecified atom stereocenters. The van der Waals surface area contributed by atoms with Crippen molar-refractivity contribution < 1.29 is 4.42 Å². The molecule has 3 aliphatic carbocycles. The van der Waals surface area contributed by atoms with Crippen LogP contribution in [0.1, 0.15) is 50.2 Å². The van der Waals surface area contributed by atoms with Crippen LogP contribution in [0.15, 0.2) is 120 Å². The Morgan fingerprint density at radius 3 is 1.98 bits per heavy atom. The second kappa shape index (κ2) is 10.4. The van der Waals surface area contributed by atoms with Gasteiger partial charge in [0, 0.05) is 27.5 Å². The van der Waals surface area contributed by atoms with Crippen molar-refractivity contribution in [3.8, 4) is 51.4 Å². The Kier molecular flexibility index (Phi) is 6.06. The van der Waals surface area contributed by atoms with E-state index in [2.05, 4.69) is 55.5 Å². The van der Waals surface area contributed by atoms with Gasteiger partial charge in [0.2, 0.25) is 0 Å². The fourth-order valence-electron chi connectivity index (χ4n) is 9.84. The summed E-state index contributed by atoms with van der Waals surface area (Å²) in [5.41, 5.74) is 9.45. The summed E-state index contributed by atoms with van der Waals surface area (Å²) in [5.74, 6) is 3.50. The van der Waals surface area contributed by atoms with Gasteiger partial charge in [-0.25, -0.2) is 15.0 Å². The Bertz CT molecular complexity index is 2440. The average molecular weight is 635 g/mol. The van der Waals surface area contributed by atoms with Crippen molar-refractivity contribution in [2.24, 2.45) is 17.3 Å². The minimum atomic E-state index is 0.341. The molecule has 0 aliphatic heterocycles. The smallest absolute Gasteiger partial charge is 0.164 e. The van der Waals surface area contributed by atoms with Gasteiger partial charge in [0.25, 0.3) is 0 Å². The molecule has 2 heterocycles. The summed E-state index contributed by atoms with van der Waals surface area (Å²) in [6.45, 7) is 2.57.